The second-order valence-electron chi connectivity index (χ2n) is 5.55. The van der Waals surface area contributed by atoms with E-state index in [0.29, 0.717) is 12.5 Å². The Hall–Kier alpha value is -1.80. The zero-order valence-electron chi connectivity index (χ0n) is 12.4. The van der Waals surface area contributed by atoms with Gasteiger partial charge < -0.3 is 10.5 Å². The van der Waals surface area contributed by atoms with E-state index in [-0.39, 0.29) is 0 Å². The number of fused-ring (bicyclic) bond motifs is 3. The summed E-state index contributed by atoms with van der Waals surface area (Å²) in [6.07, 6.45) is 0.982. The topological polar surface area (TPSA) is 35.2 Å². The van der Waals surface area contributed by atoms with Crippen molar-refractivity contribution in [2.45, 2.75) is 26.2 Å². The lowest BCUT2D eigenvalue weighted by atomic mass is 9.92. The second kappa shape index (κ2) is 4.95. The zero-order chi connectivity index (χ0) is 14.3. The molecule has 0 aliphatic heterocycles. The fourth-order valence-corrected chi connectivity index (χ4v) is 3.31. The van der Waals surface area contributed by atoms with E-state index in [1.165, 1.54) is 33.4 Å². The molecule has 3 rings (SSSR count). The van der Waals surface area contributed by atoms with Gasteiger partial charge in [0.25, 0.3) is 0 Å². The Bertz CT molecular complexity index is 661. The SMILES string of the molecule is COc1ccc2c(c1)C(CCN)c1ccc(C)c(C)c1-2. The van der Waals surface area contributed by atoms with Crippen molar-refractivity contribution in [3.8, 4) is 16.9 Å². The molecule has 0 bridgehead atoms. The molecule has 0 saturated heterocycles. The predicted molar refractivity (Wildman–Crippen MR) is 83.4 cm³/mol. The first kappa shape index (κ1) is 13.2. The average molecular weight is 267 g/mol. The molecule has 2 N–H and O–H groups in total. The summed E-state index contributed by atoms with van der Waals surface area (Å²) in [5, 5.41) is 0. The summed E-state index contributed by atoms with van der Waals surface area (Å²) in [6.45, 7) is 5.09. The summed E-state index contributed by atoms with van der Waals surface area (Å²) in [7, 11) is 1.72. The van der Waals surface area contributed by atoms with Crippen molar-refractivity contribution in [2.75, 3.05) is 13.7 Å². The lowest BCUT2D eigenvalue weighted by Gasteiger charge is -2.13. The Balaban J connectivity index is 2.25. The van der Waals surface area contributed by atoms with Gasteiger partial charge in [-0.3, -0.25) is 0 Å². The third kappa shape index (κ3) is 1.83. The minimum absolute atomic E-state index is 0.402. The molecule has 1 atom stereocenters. The molecule has 2 nitrogen and oxygen atoms in total. The lowest BCUT2D eigenvalue weighted by Crippen LogP contribution is -2.06. The third-order valence-corrected chi connectivity index (χ3v) is 4.50. The summed E-state index contributed by atoms with van der Waals surface area (Å²) >= 11 is 0. The summed E-state index contributed by atoms with van der Waals surface area (Å²) in [4.78, 5) is 0. The standard InChI is InChI=1S/C18H21NO/c1-11-4-6-15-14(8-9-19)17-10-13(20-3)5-7-16(17)18(15)12(11)2/h4-7,10,14H,8-9,19H2,1-3H3. The molecule has 1 unspecified atom stereocenters. The molecule has 0 saturated carbocycles. The van der Waals surface area contributed by atoms with E-state index < -0.39 is 0 Å². The van der Waals surface area contributed by atoms with Crippen molar-refractivity contribution >= 4 is 0 Å². The molecule has 2 aromatic rings. The van der Waals surface area contributed by atoms with Crippen LogP contribution in [0, 0.1) is 13.8 Å². The van der Waals surface area contributed by atoms with Crippen molar-refractivity contribution in [3.63, 3.8) is 0 Å². The maximum Gasteiger partial charge on any atom is 0.119 e. The molecule has 0 radical (unpaired) electrons. The van der Waals surface area contributed by atoms with E-state index in [2.05, 4.69) is 44.2 Å². The number of aryl methyl sites for hydroxylation is 1. The smallest absolute Gasteiger partial charge is 0.119 e. The normalized spacial score (nSPS) is 15.9. The van der Waals surface area contributed by atoms with Crippen LogP contribution in [0.15, 0.2) is 30.3 Å². The highest BCUT2D eigenvalue weighted by Gasteiger charge is 2.29. The summed E-state index contributed by atoms with van der Waals surface area (Å²) in [5.41, 5.74) is 14.1. The molecule has 0 aromatic heterocycles. The predicted octanol–water partition coefficient (Wildman–Crippen LogP) is 3.77. The molecule has 1 aliphatic rings. The Morgan fingerprint density at radius 1 is 1.10 bits per heavy atom. The van der Waals surface area contributed by atoms with Crippen LogP contribution in [0.1, 0.15) is 34.6 Å². The fraction of sp³-hybridized carbons (Fsp3) is 0.333. The van der Waals surface area contributed by atoms with Crippen molar-refractivity contribution in [1.29, 1.82) is 0 Å². The molecule has 0 spiro atoms. The van der Waals surface area contributed by atoms with Gasteiger partial charge >= 0.3 is 0 Å². The maximum absolute atomic E-state index is 5.83. The van der Waals surface area contributed by atoms with Gasteiger partial charge in [0.05, 0.1) is 7.11 Å². The molecule has 0 heterocycles. The highest BCUT2D eigenvalue weighted by atomic mass is 16.5. The highest BCUT2D eigenvalue weighted by molar-refractivity contribution is 5.82. The fourth-order valence-electron chi connectivity index (χ4n) is 3.31. The van der Waals surface area contributed by atoms with Crippen LogP contribution in [-0.4, -0.2) is 13.7 Å². The molecule has 1 aliphatic carbocycles. The van der Waals surface area contributed by atoms with E-state index in [9.17, 15) is 0 Å². The van der Waals surface area contributed by atoms with Crippen LogP contribution in [0.2, 0.25) is 0 Å². The van der Waals surface area contributed by atoms with E-state index in [1.54, 1.807) is 7.11 Å². The van der Waals surface area contributed by atoms with E-state index in [1.807, 2.05) is 0 Å². The van der Waals surface area contributed by atoms with Crippen molar-refractivity contribution in [1.82, 2.24) is 0 Å². The van der Waals surface area contributed by atoms with Crippen molar-refractivity contribution in [2.24, 2.45) is 5.73 Å². The van der Waals surface area contributed by atoms with E-state index in [4.69, 9.17) is 10.5 Å². The first-order chi connectivity index (χ1) is 9.67. The van der Waals surface area contributed by atoms with Gasteiger partial charge in [0.15, 0.2) is 0 Å². The molecular weight excluding hydrogens is 246 g/mol. The van der Waals surface area contributed by atoms with Gasteiger partial charge in [-0.15, -0.1) is 0 Å². The summed E-state index contributed by atoms with van der Waals surface area (Å²) in [6, 6.07) is 10.9. The maximum atomic E-state index is 5.83. The van der Waals surface area contributed by atoms with E-state index >= 15 is 0 Å². The third-order valence-electron chi connectivity index (χ3n) is 4.50. The highest BCUT2D eigenvalue weighted by Crippen LogP contribution is 2.49. The zero-order valence-corrected chi connectivity index (χ0v) is 12.4. The first-order valence-electron chi connectivity index (χ1n) is 7.15. The van der Waals surface area contributed by atoms with Gasteiger partial charge in [0, 0.05) is 5.92 Å². The van der Waals surface area contributed by atoms with Crippen molar-refractivity contribution in [3.05, 3.63) is 52.6 Å². The Labute approximate surface area is 120 Å². The number of benzene rings is 2. The molecule has 20 heavy (non-hydrogen) atoms. The van der Waals surface area contributed by atoms with Crippen LogP contribution >= 0.6 is 0 Å². The minimum Gasteiger partial charge on any atom is -0.497 e. The number of ether oxygens (including phenoxy) is 1. The molecule has 0 amide bonds. The van der Waals surface area contributed by atoms with Gasteiger partial charge in [0.2, 0.25) is 0 Å². The first-order valence-corrected chi connectivity index (χ1v) is 7.15. The number of methoxy groups -OCH3 is 1. The number of hydrogen-bond acceptors (Lipinski definition) is 2. The quantitative estimate of drug-likeness (QED) is 0.918. The van der Waals surface area contributed by atoms with Gasteiger partial charge in [0.1, 0.15) is 5.75 Å². The second-order valence-corrected chi connectivity index (χ2v) is 5.55. The number of hydrogen-bond donors (Lipinski definition) is 1. The summed E-state index contributed by atoms with van der Waals surface area (Å²) in [5.74, 6) is 1.33. The van der Waals surface area contributed by atoms with Crippen LogP contribution in [0.25, 0.3) is 11.1 Å². The van der Waals surface area contributed by atoms with Crippen LogP contribution in [-0.2, 0) is 0 Å². The van der Waals surface area contributed by atoms with Crippen molar-refractivity contribution < 1.29 is 4.74 Å². The number of rotatable bonds is 3. The summed E-state index contributed by atoms with van der Waals surface area (Å²) < 4.78 is 5.39. The Morgan fingerprint density at radius 2 is 1.90 bits per heavy atom. The van der Waals surface area contributed by atoms with E-state index in [0.717, 1.165) is 12.2 Å². The lowest BCUT2D eigenvalue weighted by molar-refractivity contribution is 0.414. The van der Waals surface area contributed by atoms with Gasteiger partial charge in [-0.1, -0.05) is 18.2 Å². The van der Waals surface area contributed by atoms with Gasteiger partial charge in [-0.2, -0.15) is 0 Å². The van der Waals surface area contributed by atoms with Gasteiger partial charge in [-0.05, 0) is 72.3 Å². The Morgan fingerprint density at radius 3 is 2.60 bits per heavy atom. The Kier molecular flexibility index (Phi) is 3.27. The average Bonchev–Trinajstić information content (AvgIpc) is 2.77. The molecule has 2 heteroatoms. The van der Waals surface area contributed by atoms with Crippen LogP contribution in [0.3, 0.4) is 0 Å². The molecule has 104 valence electrons. The van der Waals surface area contributed by atoms with Crippen LogP contribution < -0.4 is 10.5 Å². The van der Waals surface area contributed by atoms with Gasteiger partial charge in [-0.25, -0.2) is 0 Å². The number of nitrogens with two attached hydrogens (primary N) is 1. The molecule has 0 fully saturated rings. The minimum atomic E-state index is 0.402. The van der Waals surface area contributed by atoms with Crippen LogP contribution in [0.5, 0.6) is 5.75 Å². The molecular formula is C18H21NO. The van der Waals surface area contributed by atoms with Crippen LogP contribution in [0.4, 0.5) is 0 Å². The largest absolute Gasteiger partial charge is 0.497 e. The molecule has 2 aromatic carbocycles. The monoisotopic (exact) mass is 267 g/mol.